The second-order valence-electron chi connectivity index (χ2n) is 10.8. The molecule has 0 spiro atoms. The van der Waals surface area contributed by atoms with Crippen LogP contribution in [0.1, 0.15) is 68.9 Å². The lowest BCUT2D eigenvalue weighted by Gasteiger charge is -2.55. The summed E-state index contributed by atoms with van der Waals surface area (Å²) in [4.78, 5) is 15.8. The van der Waals surface area contributed by atoms with Crippen molar-refractivity contribution in [3.8, 4) is 12.3 Å². The van der Waals surface area contributed by atoms with Crippen molar-refractivity contribution in [1.82, 2.24) is 0 Å². The molecule has 0 amide bonds. The molecule has 0 heterocycles. The fourth-order valence-corrected chi connectivity index (χ4v) is 7.56. The van der Waals surface area contributed by atoms with Crippen molar-refractivity contribution < 1.29 is 18.7 Å². The van der Waals surface area contributed by atoms with Crippen LogP contribution in [0.25, 0.3) is 4.85 Å². The Labute approximate surface area is 199 Å². The Kier molecular flexibility index (Phi) is 5.16. The minimum atomic E-state index is -3.63. The molecule has 5 rings (SSSR count). The molecule has 176 valence electrons. The summed E-state index contributed by atoms with van der Waals surface area (Å²) in [5.74, 6) is -2.16. The predicted molar refractivity (Wildman–Crippen MR) is 126 cm³/mol. The van der Waals surface area contributed by atoms with Crippen LogP contribution in [-0.4, -0.2) is 22.4 Å². The number of carbonyl (C=O) groups is 1. The number of ketones is 1. The molecule has 34 heavy (non-hydrogen) atoms. The van der Waals surface area contributed by atoms with Gasteiger partial charge in [-0.25, -0.2) is 4.85 Å². The van der Waals surface area contributed by atoms with Gasteiger partial charge in [0.15, 0.2) is 11.5 Å². The zero-order valence-corrected chi connectivity index (χ0v) is 19.6. The van der Waals surface area contributed by atoms with E-state index < -0.39 is 16.9 Å². The topological polar surface area (TPSA) is 41.7 Å². The third-order valence-electron chi connectivity index (χ3n) is 9.34. The summed E-state index contributed by atoms with van der Waals surface area (Å²) in [6.07, 6.45) is 10.5. The zero-order valence-electron chi connectivity index (χ0n) is 19.6. The number of aliphatic hydroxyl groups is 1. The first-order chi connectivity index (χ1) is 16.1. The number of rotatable bonds is 2. The van der Waals surface area contributed by atoms with Crippen LogP contribution < -0.4 is 0 Å². The minimum absolute atomic E-state index is 0.0282. The van der Waals surface area contributed by atoms with Gasteiger partial charge in [0.05, 0.1) is 6.57 Å². The summed E-state index contributed by atoms with van der Waals surface area (Å²) in [7, 11) is 0. The van der Waals surface area contributed by atoms with E-state index in [1.165, 1.54) is 11.1 Å². The maximum atomic E-state index is 15.1. The molecular formula is C29H29F2NO2. The third kappa shape index (κ3) is 2.99. The summed E-state index contributed by atoms with van der Waals surface area (Å²) in [5, 5.41) is 11.5. The average molecular weight is 462 g/mol. The van der Waals surface area contributed by atoms with Crippen molar-refractivity contribution in [2.24, 2.45) is 17.3 Å². The van der Waals surface area contributed by atoms with Crippen LogP contribution in [0.15, 0.2) is 41.0 Å². The standard InChI is InChI=1S/C29H29F2NO2/c1-5-29(30,31)28(34)13-12-24-22-10-8-18-14-20(33)9-11-21(18)26(22)23(16-27(24,28)3)19-7-6-17(2)25(15-19)32-4/h1,6-7,14-15,22-24,34H,8-13,16H2,2-3H3/t22?,23-,24?,27+,28+/m1/s1. The lowest BCUT2D eigenvalue weighted by atomic mass is 9.50. The maximum Gasteiger partial charge on any atom is 0.336 e. The number of terminal acetylenes is 1. The van der Waals surface area contributed by atoms with E-state index in [0.717, 1.165) is 29.5 Å². The van der Waals surface area contributed by atoms with Crippen molar-refractivity contribution >= 4 is 11.5 Å². The predicted octanol–water partition coefficient (Wildman–Crippen LogP) is 6.44. The summed E-state index contributed by atoms with van der Waals surface area (Å²) in [5.41, 5.74) is 2.50. The molecule has 3 nitrogen and oxygen atoms in total. The highest BCUT2D eigenvalue weighted by Gasteiger charge is 2.71. The Morgan fingerprint density at radius 1 is 1.26 bits per heavy atom. The highest BCUT2D eigenvalue weighted by molar-refractivity contribution is 5.93. The molecule has 0 bridgehead atoms. The van der Waals surface area contributed by atoms with E-state index in [0.29, 0.717) is 31.4 Å². The van der Waals surface area contributed by atoms with Crippen molar-refractivity contribution in [3.63, 3.8) is 0 Å². The van der Waals surface area contributed by atoms with E-state index in [1.807, 2.05) is 25.1 Å². The van der Waals surface area contributed by atoms with Gasteiger partial charge in [-0.2, -0.15) is 8.78 Å². The normalized spacial score (nSPS) is 35.0. The van der Waals surface area contributed by atoms with Gasteiger partial charge in [-0.1, -0.05) is 36.3 Å². The van der Waals surface area contributed by atoms with Gasteiger partial charge in [-0.3, -0.25) is 4.79 Å². The Morgan fingerprint density at radius 2 is 2.03 bits per heavy atom. The molecule has 2 fully saturated rings. The number of alkyl halides is 2. The van der Waals surface area contributed by atoms with Crippen molar-refractivity contribution in [2.45, 2.75) is 76.2 Å². The van der Waals surface area contributed by atoms with Crippen LogP contribution in [0.2, 0.25) is 0 Å². The molecule has 4 aliphatic rings. The van der Waals surface area contributed by atoms with Crippen LogP contribution >= 0.6 is 0 Å². The summed E-state index contributed by atoms with van der Waals surface area (Å²) >= 11 is 0. The van der Waals surface area contributed by atoms with E-state index >= 15 is 8.78 Å². The molecule has 2 unspecified atom stereocenters. The molecular weight excluding hydrogens is 432 g/mol. The molecule has 1 aromatic carbocycles. The smallest absolute Gasteiger partial charge is 0.336 e. The highest BCUT2D eigenvalue weighted by Crippen LogP contribution is 2.69. The van der Waals surface area contributed by atoms with Gasteiger partial charge in [0, 0.05) is 17.8 Å². The zero-order chi connectivity index (χ0) is 24.5. The molecule has 4 aliphatic carbocycles. The van der Waals surface area contributed by atoms with Crippen molar-refractivity contribution in [2.75, 3.05) is 0 Å². The van der Waals surface area contributed by atoms with E-state index in [1.54, 1.807) is 18.9 Å². The fraction of sp³-hybridized carbons (Fsp3) is 0.517. The summed E-state index contributed by atoms with van der Waals surface area (Å²) < 4.78 is 30.2. The maximum absolute atomic E-state index is 15.1. The van der Waals surface area contributed by atoms with E-state index in [2.05, 4.69) is 4.85 Å². The molecule has 0 radical (unpaired) electrons. The van der Waals surface area contributed by atoms with Gasteiger partial charge >= 0.3 is 5.92 Å². The lowest BCUT2D eigenvalue weighted by molar-refractivity contribution is -0.209. The Balaban J connectivity index is 1.73. The van der Waals surface area contributed by atoms with Gasteiger partial charge in [0.2, 0.25) is 0 Å². The van der Waals surface area contributed by atoms with Gasteiger partial charge in [-0.15, -0.1) is 6.42 Å². The first-order valence-corrected chi connectivity index (χ1v) is 12.1. The lowest BCUT2D eigenvalue weighted by Crippen LogP contribution is -2.60. The Morgan fingerprint density at radius 3 is 2.74 bits per heavy atom. The quantitative estimate of drug-likeness (QED) is 0.407. The molecule has 5 atom stereocenters. The van der Waals surface area contributed by atoms with Gasteiger partial charge < -0.3 is 5.11 Å². The van der Waals surface area contributed by atoms with Gasteiger partial charge in [0.1, 0.15) is 5.60 Å². The van der Waals surface area contributed by atoms with Crippen molar-refractivity contribution in [3.05, 3.63) is 63.5 Å². The molecule has 0 aliphatic heterocycles. The second-order valence-corrected chi connectivity index (χ2v) is 10.8. The van der Waals surface area contributed by atoms with Gasteiger partial charge in [0.25, 0.3) is 0 Å². The molecule has 2 saturated carbocycles. The summed E-state index contributed by atoms with van der Waals surface area (Å²) in [6.45, 7) is 11.3. The number of benzene rings is 1. The monoisotopic (exact) mass is 461 g/mol. The molecule has 0 saturated heterocycles. The van der Waals surface area contributed by atoms with Crippen LogP contribution in [-0.2, 0) is 4.79 Å². The second kappa shape index (κ2) is 7.62. The van der Waals surface area contributed by atoms with Crippen LogP contribution in [0, 0.1) is 43.1 Å². The number of fused-ring (bicyclic) bond motifs is 4. The van der Waals surface area contributed by atoms with E-state index in [9.17, 15) is 9.90 Å². The van der Waals surface area contributed by atoms with E-state index in [-0.39, 0.29) is 30.0 Å². The van der Waals surface area contributed by atoms with Crippen molar-refractivity contribution in [1.29, 1.82) is 0 Å². The van der Waals surface area contributed by atoms with Gasteiger partial charge in [-0.05, 0) is 86.0 Å². The number of hydrogen-bond acceptors (Lipinski definition) is 2. The first kappa shape index (κ1) is 23.0. The van der Waals surface area contributed by atoms with Crippen LogP contribution in [0.4, 0.5) is 14.5 Å². The van der Waals surface area contributed by atoms with Crippen LogP contribution in [0.5, 0.6) is 0 Å². The van der Waals surface area contributed by atoms with Crippen LogP contribution in [0.3, 0.4) is 0 Å². The molecule has 5 heteroatoms. The fourth-order valence-electron chi connectivity index (χ4n) is 7.56. The summed E-state index contributed by atoms with van der Waals surface area (Å²) in [6, 6.07) is 5.78. The number of nitrogens with zero attached hydrogens (tertiary/aromatic N) is 1. The number of hydrogen-bond donors (Lipinski definition) is 1. The van der Waals surface area contributed by atoms with E-state index in [4.69, 9.17) is 13.0 Å². The number of halogens is 2. The number of allylic oxidation sites excluding steroid dienone is 4. The molecule has 1 N–H and O–H groups in total. The first-order valence-electron chi connectivity index (χ1n) is 12.1. The molecule has 1 aromatic rings. The minimum Gasteiger partial charge on any atom is -0.382 e. The average Bonchev–Trinajstić information content (AvgIpc) is 3.10. The number of carbonyl (C=O) groups excluding carboxylic acids is 1. The largest absolute Gasteiger partial charge is 0.382 e. The Bertz CT molecular complexity index is 1230. The highest BCUT2D eigenvalue weighted by atomic mass is 19.3. The number of aryl methyl sites for hydroxylation is 1. The Hall–Kier alpha value is -2.76. The SMILES string of the molecule is [C-]#[N+]c1cc([C@H]2C[C@@]3(C)C(CC[C@@]3(O)C(F)(F)C#C)C3CCC4=CC(=O)CCC4=C32)ccc1C. The molecule has 0 aromatic heterocycles. The third-order valence-corrected chi connectivity index (χ3v) is 9.34.